The van der Waals surface area contributed by atoms with Crippen LogP contribution in [0.5, 0.6) is 0 Å². The van der Waals surface area contributed by atoms with Crippen molar-refractivity contribution in [1.29, 1.82) is 0 Å². The molecular weight excluding hydrogens is 216 g/mol. The average molecular weight is 232 g/mol. The molecule has 0 aromatic carbocycles. The molecule has 1 saturated carbocycles. The highest BCUT2D eigenvalue weighted by Crippen LogP contribution is 2.44. The molecule has 0 spiro atoms. The Morgan fingerprint density at radius 2 is 2.24 bits per heavy atom. The van der Waals surface area contributed by atoms with Crippen LogP contribution in [0, 0.1) is 6.92 Å². The van der Waals surface area contributed by atoms with Crippen molar-refractivity contribution in [2.45, 2.75) is 38.2 Å². The summed E-state index contributed by atoms with van der Waals surface area (Å²) in [5.41, 5.74) is 7.11. The summed E-state index contributed by atoms with van der Waals surface area (Å²) in [6.45, 7) is 3.80. The van der Waals surface area contributed by atoms with Crippen LogP contribution in [0.3, 0.4) is 0 Å². The number of hydrogen-bond acceptors (Lipinski definition) is 4. The summed E-state index contributed by atoms with van der Waals surface area (Å²) in [7, 11) is 0. The molecule has 17 heavy (non-hydrogen) atoms. The molecule has 2 aromatic rings. The summed E-state index contributed by atoms with van der Waals surface area (Å²) < 4.78 is 2.00. The normalized spacial score (nSPS) is 28.3. The van der Waals surface area contributed by atoms with Crippen molar-refractivity contribution >= 4 is 11.3 Å². The van der Waals surface area contributed by atoms with Crippen LogP contribution in [0.1, 0.15) is 37.2 Å². The van der Waals surface area contributed by atoms with Crippen LogP contribution in [0.4, 0.5) is 5.82 Å². The lowest BCUT2D eigenvalue weighted by Crippen LogP contribution is -2.40. The Balaban J connectivity index is 2.10. The van der Waals surface area contributed by atoms with Gasteiger partial charge in [-0.05, 0) is 26.7 Å². The van der Waals surface area contributed by atoms with Crippen LogP contribution in [0.2, 0.25) is 0 Å². The van der Waals surface area contributed by atoms with Crippen molar-refractivity contribution in [2.24, 2.45) is 0 Å². The number of aliphatic hydroxyl groups is 1. The maximum atomic E-state index is 9.80. The van der Waals surface area contributed by atoms with E-state index in [1.807, 2.05) is 24.4 Å². The number of aromatic nitrogens is 3. The lowest BCUT2D eigenvalue weighted by Gasteiger charge is -2.40. The van der Waals surface area contributed by atoms with Crippen LogP contribution >= 0.6 is 0 Å². The van der Waals surface area contributed by atoms with E-state index in [0.717, 1.165) is 29.9 Å². The van der Waals surface area contributed by atoms with E-state index in [9.17, 15) is 5.11 Å². The lowest BCUT2D eigenvalue weighted by atomic mass is 9.72. The first-order valence-electron chi connectivity index (χ1n) is 5.79. The molecule has 0 radical (unpaired) electrons. The van der Waals surface area contributed by atoms with Gasteiger partial charge in [0, 0.05) is 18.3 Å². The third-order valence-electron chi connectivity index (χ3n) is 3.52. The van der Waals surface area contributed by atoms with Crippen molar-refractivity contribution in [2.75, 3.05) is 5.73 Å². The first-order valence-corrected chi connectivity index (χ1v) is 5.79. The maximum Gasteiger partial charge on any atom is 0.149 e. The van der Waals surface area contributed by atoms with Crippen LogP contribution in [-0.4, -0.2) is 25.1 Å². The van der Waals surface area contributed by atoms with Crippen LogP contribution in [0.25, 0.3) is 5.52 Å². The van der Waals surface area contributed by atoms with E-state index in [2.05, 4.69) is 9.97 Å². The zero-order valence-corrected chi connectivity index (χ0v) is 10.0. The van der Waals surface area contributed by atoms with Crippen LogP contribution in [-0.2, 0) is 0 Å². The van der Waals surface area contributed by atoms with Gasteiger partial charge in [-0.25, -0.2) is 9.97 Å². The predicted octanol–water partition coefficient (Wildman–Crippen LogP) is 1.25. The Kier molecular flexibility index (Phi) is 1.98. The van der Waals surface area contributed by atoms with Gasteiger partial charge in [0.15, 0.2) is 0 Å². The summed E-state index contributed by atoms with van der Waals surface area (Å²) in [5.74, 6) is 1.81. The van der Waals surface area contributed by atoms with Gasteiger partial charge in [-0.3, -0.25) is 4.40 Å². The van der Waals surface area contributed by atoms with Crippen LogP contribution in [0.15, 0.2) is 12.4 Å². The molecule has 0 unspecified atom stereocenters. The number of rotatable bonds is 1. The highest BCUT2D eigenvalue weighted by molar-refractivity contribution is 5.68. The van der Waals surface area contributed by atoms with Gasteiger partial charge in [-0.2, -0.15) is 0 Å². The largest absolute Gasteiger partial charge is 0.390 e. The van der Waals surface area contributed by atoms with Crippen molar-refractivity contribution < 1.29 is 5.11 Å². The van der Waals surface area contributed by atoms with E-state index < -0.39 is 5.60 Å². The second-order valence-electron chi connectivity index (χ2n) is 5.19. The molecule has 5 heteroatoms. The Hall–Kier alpha value is -1.62. The van der Waals surface area contributed by atoms with E-state index in [-0.39, 0.29) is 0 Å². The highest BCUT2D eigenvalue weighted by Gasteiger charge is 2.41. The predicted molar refractivity (Wildman–Crippen MR) is 64.7 cm³/mol. The van der Waals surface area contributed by atoms with Gasteiger partial charge >= 0.3 is 0 Å². The quantitative estimate of drug-likeness (QED) is 0.775. The second kappa shape index (κ2) is 3.20. The smallest absolute Gasteiger partial charge is 0.149 e. The fourth-order valence-electron chi connectivity index (χ4n) is 2.74. The summed E-state index contributed by atoms with van der Waals surface area (Å²) >= 11 is 0. The van der Waals surface area contributed by atoms with Gasteiger partial charge < -0.3 is 10.8 Å². The SMILES string of the molecule is Cc1nc([C@H]2C[C@@](C)(O)C2)n2ccnc(N)c12. The number of hydrogen-bond donors (Lipinski definition) is 2. The van der Waals surface area contributed by atoms with Crippen molar-refractivity contribution in [3.8, 4) is 0 Å². The van der Waals surface area contributed by atoms with E-state index in [1.54, 1.807) is 6.20 Å². The summed E-state index contributed by atoms with van der Waals surface area (Å²) in [4.78, 5) is 8.65. The first kappa shape index (κ1) is 10.5. The lowest BCUT2D eigenvalue weighted by molar-refractivity contribution is -0.0335. The number of nitrogens with zero attached hydrogens (tertiary/aromatic N) is 3. The molecule has 0 amide bonds. The van der Waals surface area contributed by atoms with Gasteiger partial charge in [-0.15, -0.1) is 0 Å². The zero-order valence-electron chi connectivity index (χ0n) is 10.0. The second-order valence-corrected chi connectivity index (χ2v) is 5.19. The standard InChI is InChI=1S/C12H16N4O/c1-7-9-10(13)14-3-4-16(9)11(15-7)8-5-12(2,17)6-8/h3-4,8,17H,5-6H2,1-2H3,(H2,13,14)/t8-,12+. The molecule has 3 rings (SSSR count). The molecule has 1 aliphatic rings. The Morgan fingerprint density at radius 3 is 2.88 bits per heavy atom. The number of imidazole rings is 1. The fraction of sp³-hybridized carbons (Fsp3) is 0.500. The van der Waals surface area contributed by atoms with Gasteiger partial charge in [0.05, 0.1) is 11.3 Å². The zero-order chi connectivity index (χ0) is 12.2. The Morgan fingerprint density at radius 1 is 1.53 bits per heavy atom. The number of anilines is 1. The molecule has 0 aliphatic heterocycles. The first-order chi connectivity index (χ1) is 7.98. The van der Waals surface area contributed by atoms with Crippen LogP contribution < -0.4 is 5.73 Å². The fourth-order valence-corrected chi connectivity index (χ4v) is 2.74. The molecule has 2 heterocycles. The molecule has 5 nitrogen and oxygen atoms in total. The number of fused-ring (bicyclic) bond motifs is 1. The van der Waals surface area contributed by atoms with Crippen molar-refractivity contribution in [3.05, 3.63) is 23.9 Å². The van der Waals surface area contributed by atoms with Gasteiger partial charge in [0.25, 0.3) is 0 Å². The minimum atomic E-state index is -0.539. The van der Waals surface area contributed by atoms with E-state index >= 15 is 0 Å². The molecular formula is C12H16N4O. The maximum absolute atomic E-state index is 9.80. The summed E-state index contributed by atoms with van der Waals surface area (Å²) in [6, 6.07) is 0. The van der Waals surface area contributed by atoms with Gasteiger partial charge in [0.1, 0.15) is 17.2 Å². The minimum absolute atomic E-state index is 0.313. The number of aryl methyl sites for hydroxylation is 1. The molecule has 1 fully saturated rings. The Bertz CT molecular complexity index is 579. The minimum Gasteiger partial charge on any atom is -0.390 e. The van der Waals surface area contributed by atoms with Gasteiger partial charge in [0.2, 0.25) is 0 Å². The molecule has 3 N–H and O–H groups in total. The number of nitrogens with two attached hydrogens (primary N) is 1. The monoisotopic (exact) mass is 232 g/mol. The Labute approximate surface area is 99.3 Å². The topological polar surface area (TPSA) is 76.4 Å². The third kappa shape index (κ3) is 1.50. The average Bonchev–Trinajstić information content (AvgIpc) is 2.54. The molecule has 0 bridgehead atoms. The van der Waals surface area contributed by atoms with E-state index in [0.29, 0.717) is 11.7 Å². The summed E-state index contributed by atoms with van der Waals surface area (Å²) in [5, 5.41) is 9.80. The summed E-state index contributed by atoms with van der Waals surface area (Å²) in [6.07, 6.45) is 5.08. The molecule has 0 atom stereocenters. The molecule has 90 valence electrons. The third-order valence-corrected chi connectivity index (χ3v) is 3.52. The van der Waals surface area contributed by atoms with Gasteiger partial charge in [-0.1, -0.05) is 0 Å². The highest BCUT2D eigenvalue weighted by atomic mass is 16.3. The molecule has 1 aliphatic carbocycles. The van der Waals surface area contributed by atoms with Crippen molar-refractivity contribution in [1.82, 2.24) is 14.4 Å². The van der Waals surface area contributed by atoms with Crippen molar-refractivity contribution in [3.63, 3.8) is 0 Å². The van der Waals surface area contributed by atoms with E-state index in [4.69, 9.17) is 5.73 Å². The molecule has 0 saturated heterocycles. The van der Waals surface area contributed by atoms with E-state index in [1.165, 1.54) is 0 Å². The number of nitrogen functional groups attached to an aromatic ring is 1. The molecule has 2 aromatic heterocycles.